The molecule has 3 aromatic carbocycles. The predicted molar refractivity (Wildman–Crippen MR) is 169 cm³/mol. The molecule has 12 heteroatoms. The summed E-state index contributed by atoms with van der Waals surface area (Å²) in [4.78, 5) is 22.1. The Kier molecular flexibility index (Phi) is 7.55. The molecule has 1 amide bonds. The number of H-pyrrole nitrogens is 1. The Bertz CT molecular complexity index is 1970. The third-order valence-corrected chi connectivity index (χ3v) is 10.5. The highest BCUT2D eigenvalue weighted by atomic mass is 32.1. The van der Waals surface area contributed by atoms with Gasteiger partial charge in [0.1, 0.15) is 40.6 Å². The number of benzene rings is 3. The van der Waals surface area contributed by atoms with E-state index < -0.39 is 39.5 Å². The molecule has 2 aliphatic heterocycles. The molecule has 2 aromatic heterocycles. The number of quaternary nitrogens is 1. The number of carbonyl (C=O) groups is 1. The molecule has 5 aromatic rings. The van der Waals surface area contributed by atoms with Crippen LogP contribution in [0.25, 0.3) is 16.5 Å². The molecule has 2 aliphatic rings. The van der Waals surface area contributed by atoms with Gasteiger partial charge in [-0.3, -0.25) is 9.28 Å². The van der Waals surface area contributed by atoms with E-state index in [0.717, 1.165) is 28.6 Å². The normalized spacial score (nSPS) is 23.4. The van der Waals surface area contributed by atoms with E-state index in [1.165, 1.54) is 52.6 Å². The minimum atomic E-state index is -4.80. The number of aromatic nitrogens is 2. The molecule has 4 heterocycles. The van der Waals surface area contributed by atoms with Crippen LogP contribution in [0.1, 0.15) is 40.1 Å². The summed E-state index contributed by atoms with van der Waals surface area (Å²) in [6.45, 7) is -0.336. The van der Waals surface area contributed by atoms with Gasteiger partial charge in [0.25, 0.3) is 0 Å². The average Bonchev–Trinajstić information content (AvgIpc) is 3.74. The number of allylic oxidation sites excluding steroid dienone is 1. The van der Waals surface area contributed by atoms with E-state index in [9.17, 15) is 31.1 Å². The van der Waals surface area contributed by atoms with Gasteiger partial charge in [-0.25, -0.2) is 4.98 Å². The van der Waals surface area contributed by atoms with Crippen molar-refractivity contribution in [1.82, 2.24) is 19.4 Å². The molecule has 1 fully saturated rings. The lowest BCUT2D eigenvalue weighted by molar-refractivity contribution is -0.144. The number of nitrogens with one attached hydrogen (secondary N) is 1. The number of amides is 1. The summed E-state index contributed by atoms with van der Waals surface area (Å²) in [5, 5.41) is 3.17. The maximum atomic E-state index is 14.9. The number of nitrogens with zero attached hydrogens (tertiary/aromatic N) is 3. The molecule has 0 radical (unpaired) electrons. The molecule has 1 saturated heterocycles. The second-order valence-corrected chi connectivity index (χ2v) is 13.1. The number of fused-ring (bicyclic) bond motifs is 2. The Morgan fingerprint density at radius 3 is 2.38 bits per heavy atom. The average molecular weight is 668 g/mol. The summed E-state index contributed by atoms with van der Waals surface area (Å²) in [5.41, 5.74) is -1.64. The van der Waals surface area contributed by atoms with E-state index in [0.29, 0.717) is 29.8 Å². The van der Waals surface area contributed by atoms with Crippen LogP contribution in [-0.2, 0) is 29.1 Å². The molecule has 0 bridgehead atoms. The van der Waals surface area contributed by atoms with Gasteiger partial charge < -0.3 is 9.88 Å². The number of carbonyl (C=O) groups excluding carboxylic acids is 1. The number of alkyl halides is 6. The Hall–Kier alpha value is -4.42. The molecule has 1 unspecified atom stereocenters. The number of thiazole rings is 1. The predicted octanol–water partition coefficient (Wildman–Crippen LogP) is 8.78. The van der Waals surface area contributed by atoms with E-state index >= 15 is 0 Å². The molecule has 0 saturated carbocycles. The fourth-order valence-corrected chi connectivity index (χ4v) is 8.35. The van der Waals surface area contributed by atoms with Crippen LogP contribution >= 0.6 is 11.3 Å². The maximum absolute atomic E-state index is 14.9. The van der Waals surface area contributed by atoms with Gasteiger partial charge in [-0.2, -0.15) is 26.3 Å². The zero-order valence-electron chi connectivity index (χ0n) is 24.9. The highest BCUT2D eigenvalue weighted by Gasteiger charge is 2.60. The van der Waals surface area contributed by atoms with Crippen LogP contribution in [0, 0.1) is 0 Å². The Labute approximate surface area is 270 Å². The largest absolute Gasteiger partial charge is 0.422 e. The van der Waals surface area contributed by atoms with Crippen molar-refractivity contribution in [2.24, 2.45) is 0 Å². The summed E-state index contributed by atoms with van der Waals surface area (Å²) in [5.74, 6) is 0. The quantitative estimate of drug-likeness (QED) is 0.112. The van der Waals surface area contributed by atoms with Gasteiger partial charge in [-0.05, 0) is 35.7 Å². The van der Waals surface area contributed by atoms with Gasteiger partial charge in [0.15, 0.2) is 0 Å². The second-order valence-electron chi connectivity index (χ2n) is 12.2. The summed E-state index contributed by atoms with van der Waals surface area (Å²) in [6, 6.07) is 17.1. The molecule has 3 atom stereocenters. The fraction of sp³-hybridized carbons (Fsp3) is 0.257. The molecular weight excluding hydrogens is 638 g/mol. The van der Waals surface area contributed by atoms with Gasteiger partial charge >= 0.3 is 12.4 Å². The summed E-state index contributed by atoms with van der Waals surface area (Å²) < 4.78 is 88.7. The third kappa shape index (κ3) is 5.23. The van der Waals surface area contributed by atoms with Crippen LogP contribution in [0.15, 0.2) is 96.8 Å². The zero-order valence-corrected chi connectivity index (χ0v) is 25.7. The Balaban J connectivity index is 1.56. The molecule has 0 spiro atoms. The summed E-state index contributed by atoms with van der Waals surface area (Å²) >= 11 is 1.35. The van der Waals surface area contributed by atoms with Gasteiger partial charge in [-0.15, -0.1) is 11.3 Å². The topological polar surface area (TPSA) is 49.0 Å². The third-order valence-electron chi connectivity index (χ3n) is 9.65. The lowest BCUT2D eigenvalue weighted by atomic mass is 9.74. The van der Waals surface area contributed by atoms with Crippen LogP contribution < -0.4 is 4.48 Å². The smallest absolute Gasteiger partial charge is 0.361 e. The number of rotatable bonds is 6. The molecule has 1 N–H and O–H groups in total. The summed E-state index contributed by atoms with van der Waals surface area (Å²) in [6.07, 6.45) is -3.08. The first-order chi connectivity index (χ1) is 22.5. The van der Waals surface area contributed by atoms with Crippen molar-refractivity contribution < 1.29 is 31.1 Å². The lowest BCUT2D eigenvalue weighted by Gasteiger charge is -2.58. The van der Waals surface area contributed by atoms with Crippen LogP contribution in [0.5, 0.6) is 0 Å². The van der Waals surface area contributed by atoms with E-state index in [1.807, 2.05) is 24.3 Å². The number of hydrogen-bond donors (Lipinski definition) is 1. The van der Waals surface area contributed by atoms with Crippen LogP contribution in [-0.4, -0.2) is 40.4 Å². The van der Waals surface area contributed by atoms with Gasteiger partial charge in [0.2, 0.25) is 6.41 Å². The van der Waals surface area contributed by atoms with Crippen molar-refractivity contribution in [2.45, 2.75) is 43.2 Å². The van der Waals surface area contributed by atoms with E-state index in [1.54, 1.807) is 24.0 Å². The molecule has 0 aliphatic carbocycles. The van der Waals surface area contributed by atoms with Gasteiger partial charge in [0, 0.05) is 53.2 Å². The summed E-state index contributed by atoms with van der Waals surface area (Å²) in [7, 11) is 0. The Morgan fingerprint density at radius 1 is 0.957 bits per heavy atom. The van der Waals surface area contributed by atoms with Crippen LogP contribution in [0.2, 0.25) is 0 Å². The highest BCUT2D eigenvalue weighted by molar-refractivity contribution is 7.10. The molecule has 7 rings (SSSR count). The minimum absolute atomic E-state index is 0.0636. The van der Waals surface area contributed by atoms with Crippen LogP contribution in [0.3, 0.4) is 0 Å². The lowest BCUT2D eigenvalue weighted by Crippen LogP contribution is -2.73. The molecule has 242 valence electrons. The number of halogens is 6. The number of para-hydroxylation sites is 2. The van der Waals surface area contributed by atoms with Crippen molar-refractivity contribution >= 4 is 39.9 Å². The van der Waals surface area contributed by atoms with E-state index in [-0.39, 0.29) is 30.8 Å². The van der Waals surface area contributed by atoms with E-state index in [4.69, 9.17) is 0 Å². The number of piperazine rings is 1. The number of hydrogen-bond acceptors (Lipinski definition) is 3. The SMILES string of the molecule is O=CN1C[C@H]2CCC(c3nccs3)=C[N+]2(c2ccccc2C(F)(F)F)C[C@@]1(Cc1c[nH]c2ccccc12)c1ccccc1C(F)(F)F. The van der Waals surface area contributed by atoms with Crippen molar-refractivity contribution in [3.05, 3.63) is 124 Å². The Morgan fingerprint density at radius 2 is 1.66 bits per heavy atom. The molecule has 47 heavy (non-hydrogen) atoms. The standard InChI is InChI=1S/C35H29F6N4OS/c36-34(37,38)28-9-3-2-8-27(28)33(17-24-18-43-30-11-5-1-7-26(24)30)21-45(31-12-6-4-10-29(31)35(39,40)41)20-23(32-42-15-16-47-32)13-14-25(45)19-44(33)22-46/h1-12,15-16,18,20,22,25,43H,13-14,17,19,21H2/q+1/t25-,33+,45?/m1/s1. The van der Waals surface area contributed by atoms with Crippen LogP contribution in [0.4, 0.5) is 32.0 Å². The number of aromatic amines is 1. The first kappa shape index (κ1) is 31.2. The first-order valence-corrected chi connectivity index (χ1v) is 15.9. The van der Waals surface area contributed by atoms with Crippen molar-refractivity contribution in [1.29, 1.82) is 0 Å². The van der Waals surface area contributed by atoms with E-state index in [2.05, 4.69) is 9.97 Å². The zero-order chi connectivity index (χ0) is 33.0. The molecular formula is C35H29F6N4OS+. The second kappa shape index (κ2) is 11.4. The van der Waals surface area contributed by atoms with Crippen molar-refractivity contribution in [3.63, 3.8) is 0 Å². The van der Waals surface area contributed by atoms with Gasteiger partial charge in [-0.1, -0.05) is 48.5 Å². The van der Waals surface area contributed by atoms with Crippen molar-refractivity contribution in [2.75, 3.05) is 13.1 Å². The fourth-order valence-electron chi connectivity index (χ4n) is 7.68. The monoisotopic (exact) mass is 667 g/mol. The van der Waals surface area contributed by atoms with Gasteiger partial charge in [0.05, 0.1) is 12.1 Å². The minimum Gasteiger partial charge on any atom is -0.361 e. The highest BCUT2D eigenvalue weighted by Crippen LogP contribution is 2.52. The first-order valence-electron chi connectivity index (χ1n) is 15.1. The maximum Gasteiger partial charge on any atom is 0.422 e. The molecule has 5 nitrogen and oxygen atoms in total. The van der Waals surface area contributed by atoms with Crippen molar-refractivity contribution in [3.8, 4) is 0 Å².